The Morgan fingerprint density at radius 1 is 1.13 bits per heavy atom. The summed E-state index contributed by atoms with van der Waals surface area (Å²) in [7, 11) is 0. The number of hydrogen-bond donors (Lipinski definition) is 0. The summed E-state index contributed by atoms with van der Waals surface area (Å²) in [5.41, 5.74) is 2.62. The minimum Gasteiger partial charge on any atom is -0.265 e. The molecule has 0 radical (unpaired) electrons. The summed E-state index contributed by atoms with van der Waals surface area (Å²) in [6, 6.07) is 12.6. The minimum atomic E-state index is 0.878. The van der Waals surface area contributed by atoms with Gasteiger partial charge in [0.1, 0.15) is 0 Å². The van der Waals surface area contributed by atoms with E-state index >= 15 is 0 Å². The van der Waals surface area contributed by atoms with Crippen LogP contribution in [0.2, 0.25) is 0 Å². The van der Waals surface area contributed by atoms with Gasteiger partial charge in [0.15, 0.2) is 0 Å². The Morgan fingerprint density at radius 2 is 1.93 bits per heavy atom. The fourth-order valence-electron chi connectivity index (χ4n) is 1.73. The monoisotopic (exact) mass is 200 g/mol. The molecule has 1 aromatic carbocycles. The summed E-state index contributed by atoms with van der Waals surface area (Å²) in [6.07, 6.45) is 4.15. The summed E-state index contributed by atoms with van der Waals surface area (Å²) in [6.45, 7) is 3.07. The van der Waals surface area contributed by atoms with Crippen LogP contribution in [0, 0.1) is 0 Å². The molecule has 0 fully saturated rings. The summed E-state index contributed by atoms with van der Waals surface area (Å²) < 4.78 is 2.08. The lowest BCUT2D eigenvalue weighted by atomic mass is 10.2. The molecule has 0 atom stereocenters. The molecular weight excluding hydrogens is 184 g/mol. The number of aromatic nitrogens is 2. The van der Waals surface area contributed by atoms with Gasteiger partial charge < -0.3 is 0 Å². The van der Waals surface area contributed by atoms with Gasteiger partial charge in [0.2, 0.25) is 0 Å². The van der Waals surface area contributed by atoms with Gasteiger partial charge in [0, 0.05) is 11.9 Å². The molecule has 0 aliphatic carbocycles. The molecule has 2 rings (SSSR count). The quantitative estimate of drug-likeness (QED) is 0.742. The van der Waals surface area contributed by atoms with Crippen LogP contribution in [0.1, 0.15) is 24.6 Å². The highest BCUT2D eigenvalue weighted by molar-refractivity contribution is 5.16. The van der Waals surface area contributed by atoms with Crippen LogP contribution < -0.4 is 0 Å². The molecule has 0 spiro atoms. The average Bonchev–Trinajstić information content (AvgIpc) is 2.68. The van der Waals surface area contributed by atoms with E-state index in [4.69, 9.17) is 0 Å². The lowest BCUT2D eigenvalue weighted by Crippen LogP contribution is -2.05. The maximum atomic E-state index is 4.35. The van der Waals surface area contributed by atoms with Gasteiger partial charge in [-0.1, -0.05) is 43.7 Å². The summed E-state index contributed by atoms with van der Waals surface area (Å²) >= 11 is 0. The Labute approximate surface area is 90.6 Å². The summed E-state index contributed by atoms with van der Waals surface area (Å²) in [4.78, 5) is 0. The molecule has 0 bridgehead atoms. The van der Waals surface area contributed by atoms with Crippen LogP contribution in [0.25, 0.3) is 0 Å². The molecular formula is C13H16N2. The van der Waals surface area contributed by atoms with Gasteiger partial charge in [0.05, 0.1) is 6.54 Å². The van der Waals surface area contributed by atoms with E-state index in [-0.39, 0.29) is 0 Å². The molecule has 0 amide bonds. The highest BCUT2D eigenvalue weighted by Gasteiger charge is 2.01. The van der Waals surface area contributed by atoms with Crippen molar-refractivity contribution in [2.75, 3.05) is 0 Å². The van der Waals surface area contributed by atoms with Gasteiger partial charge in [-0.2, -0.15) is 5.10 Å². The maximum absolute atomic E-state index is 4.35. The Balaban J connectivity index is 2.14. The standard InChI is InChI=1S/C13H16N2/c1-2-6-13-9-10-14-15(13)11-12-7-4-3-5-8-12/h3-5,7-10H,2,6,11H2,1H3. The van der Waals surface area contributed by atoms with Gasteiger partial charge in [-0.3, -0.25) is 4.68 Å². The van der Waals surface area contributed by atoms with Crippen LogP contribution in [-0.2, 0) is 13.0 Å². The van der Waals surface area contributed by atoms with E-state index in [1.807, 2.05) is 12.3 Å². The summed E-state index contributed by atoms with van der Waals surface area (Å²) in [5.74, 6) is 0. The third-order valence-corrected chi connectivity index (χ3v) is 2.49. The lowest BCUT2D eigenvalue weighted by Gasteiger charge is -2.06. The van der Waals surface area contributed by atoms with Crippen molar-refractivity contribution in [2.45, 2.75) is 26.3 Å². The van der Waals surface area contributed by atoms with Crippen LogP contribution in [-0.4, -0.2) is 9.78 Å². The van der Waals surface area contributed by atoms with E-state index in [1.54, 1.807) is 0 Å². The topological polar surface area (TPSA) is 17.8 Å². The third kappa shape index (κ3) is 2.46. The van der Waals surface area contributed by atoms with Gasteiger partial charge in [0.25, 0.3) is 0 Å². The first-order chi connectivity index (χ1) is 7.40. The molecule has 0 saturated heterocycles. The van der Waals surface area contributed by atoms with Gasteiger partial charge in [-0.05, 0) is 18.1 Å². The van der Waals surface area contributed by atoms with Crippen molar-refractivity contribution in [3.05, 3.63) is 53.9 Å². The fourth-order valence-corrected chi connectivity index (χ4v) is 1.73. The second kappa shape index (κ2) is 4.78. The van der Waals surface area contributed by atoms with Gasteiger partial charge in [-0.25, -0.2) is 0 Å². The molecule has 0 saturated carbocycles. The smallest absolute Gasteiger partial charge is 0.0662 e. The van der Waals surface area contributed by atoms with E-state index in [1.165, 1.54) is 17.7 Å². The predicted molar refractivity (Wildman–Crippen MR) is 61.8 cm³/mol. The lowest BCUT2D eigenvalue weighted by molar-refractivity contribution is 0.638. The van der Waals surface area contributed by atoms with Crippen LogP contribution >= 0.6 is 0 Å². The predicted octanol–water partition coefficient (Wildman–Crippen LogP) is 2.88. The van der Waals surface area contributed by atoms with E-state index in [2.05, 4.69) is 47.0 Å². The Kier molecular flexibility index (Phi) is 3.18. The Morgan fingerprint density at radius 3 is 2.67 bits per heavy atom. The molecule has 0 aliphatic heterocycles. The van der Waals surface area contributed by atoms with Gasteiger partial charge >= 0.3 is 0 Å². The van der Waals surface area contributed by atoms with Crippen molar-refractivity contribution in [1.29, 1.82) is 0 Å². The SMILES string of the molecule is CCCc1ccnn1Cc1ccccc1. The molecule has 2 aromatic rings. The highest BCUT2D eigenvalue weighted by atomic mass is 15.3. The molecule has 0 N–H and O–H groups in total. The number of rotatable bonds is 4. The second-order valence-electron chi connectivity index (χ2n) is 3.72. The van der Waals surface area contributed by atoms with Gasteiger partial charge in [-0.15, -0.1) is 0 Å². The zero-order valence-electron chi connectivity index (χ0n) is 9.06. The van der Waals surface area contributed by atoms with Crippen molar-refractivity contribution in [3.8, 4) is 0 Å². The third-order valence-electron chi connectivity index (χ3n) is 2.49. The van der Waals surface area contributed by atoms with Crippen LogP contribution in [0.5, 0.6) is 0 Å². The molecule has 78 valence electrons. The first-order valence-electron chi connectivity index (χ1n) is 5.44. The number of hydrogen-bond acceptors (Lipinski definition) is 1. The van der Waals surface area contributed by atoms with E-state index < -0.39 is 0 Å². The van der Waals surface area contributed by atoms with Crippen molar-refractivity contribution >= 4 is 0 Å². The number of aryl methyl sites for hydroxylation is 1. The van der Waals surface area contributed by atoms with Crippen molar-refractivity contribution < 1.29 is 0 Å². The van der Waals surface area contributed by atoms with Crippen molar-refractivity contribution in [3.63, 3.8) is 0 Å². The molecule has 2 nitrogen and oxygen atoms in total. The molecule has 1 heterocycles. The second-order valence-corrected chi connectivity index (χ2v) is 3.72. The fraction of sp³-hybridized carbons (Fsp3) is 0.308. The minimum absolute atomic E-state index is 0.878. The highest BCUT2D eigenvalue weighted by Crippen LogP contribution is 2.07. The van der Waals surface area contributed by atoms with Crippen LogP contribution in [0.15, 0.2) is 42.6 Å². The van der Waals surface area contributed by atoms with Crippen molar-refractivity contribution in [1.82, 2.24) is 9.78 Å². The zero-order valence-corrected chi connectivity index (χ0v) is 9.06. The maximum Gasteiger partial charge on any atom is 0.0662 e. The van der Waals surface area contributed by atoms with E-state index in [0.29, 0.717) is 0 Å². The number of benzene rings is 1. The molecule has 2 heteroatoms. The normalized spacial score (nSPS) is 10.5. The Bertz CT molecular complexity index is 403. The molecule has 15 heavy (non-hydrogen) atoms. The van der Waals surface area contributed by atoms with Crippen LogP contribution in [0.3, 0.4) is 0 Å². The molecule has 1 aromatic heterocycles. The van der Waals surface area contributed by atoms with Crippen LogP contribution in [0.4, 0.5) is 0 Å². The molecule has 0 aliphatic rings. The zero-order chi connectivity index (χ0) is 10.5. The first-order valence-corrected chi connectivity index (χ1v) is 5.44. The molecule has 0 unspecified atom stereocenters. The van der Waals surface area contributed by atoms with Crippen molar-refractivity contribution in [2.24, 2.45) is 0 Å². The largest absolute Gasteiger partial charge is 0.265 e. The average molecular weight is 200 g/mol. The van der Waals surface area contributed by atoms with E-state index in [9.17, 15) is 0 Å². The number of nitrogens with zero attached hydrogens (tertiary/aromatic N) is 2. The Hall–Kier alpha value is -1.57. The summed E-state index contributed by atoms with van der Waals surface area (Å²) in [5, 5.41) is 4.35. The first kappa shape index (κ1) is 9.97. The van der Waals surface area contributed by atoms with E-state index in [0.717, 1.165) is 13.0 Å².